The lowest BCUT2D eigenvalue weighted by molar-refractivity contribution is 0.0901. The zero-order valence-corrected chi connectivity index (χ0v) is 13.2. The van der Waals surface area contributed by atoms with E-state index < -0.39 is 27.3 Å². The van der Waals surface area contributed by atoms with Crippen LogP contribution in [0.15, 0.2) is 21.5 Å². The molecule has 0 aromatic heterocycles. The highest BCUT2D eigenvalue weighted by atomic mass is 79.9. The van der Waals surface area contributed by atoms with Gasteiger partial charge in [-0.3, -0.25) is 4.79 Å². The Morgan fingerprint density at radius 2 is 2.15 bits per heavy atom. The molecule has 0 aliphatic carbocycles. The molecule has 6 nitrogen and oxygen atoms in total. The van der Waals surface area contributed by atoms with Crippen LogP contribution in [-0.4, -0.2) is 34.1 Å². The number of halogens is 2. The number of amides is 1. The Balaban J connectivity index is 3.16. The Bertz CT molecular complexity index is 621. The highest BCUT2D eigenvalue weighted by Gasteiger charge is 2.21. The Morgan fingerprint density at radius 1 is 1.55 bits per heavy atom. The van der Waals surface area contributed by atoms with Crippen molar-refractivity contribution in [3.05, 3.63) is 28.0 Å². The van der Waals surface area contributed by atoms with Crippen LogP contribution < -0.4 is 10.5 Å². The van der Waals surface area contributed by atoms with Crippen molar-refractivity contribution in [3.8, 4) is 0 Å². The number of carbonyl (C=O) groups is 1. The average molecular weight is 369 g/mol. The molecule has 0 fully saturated rings. The molecule has 0 heterocycles. The van der Waals surface area contributed by atoms with Crippen LogP contribution in [0.3, 0.4) is 0 Å². The van der Waals surface area contributed by atoms with Gasteiger partial charge in [0.05, 0.1) is 17.1 Å². The fourth-order valence-electron chi connectivity index (χ4n) is 1.51. The van der Waals surface area contributed by atoms with Crippen molar-refractivity contribution < 1.29 is 22.3 Å². The molecule has 0 bridgehead atoms. The second-order valence-electron chi connectivity index (χ2n) is 4.14. The lowest BCUT2D eigenvalue weighted by atomic mass is 10.2. The first kappa shape index (κ1) is 17.0. The Kier molecular flexibility index (Phi) is 5.63. The lowest BCUT2D eigenvalue weighted by Gasteiger charge is -2.14. The number of nitrogens with two attached hydrogens (primary N) is 1. The van der Waals surface area contributed by atoms with E-state index in [1.165, 1.54) is 7.11 Å². The van der Waals surface area contributed by atoms with Crippen LogP contribution in [0.25, 0.3) is 0 Å². The molecule has 1 aromatic carbocycles. The second kappa shape index (κ2) is 6.61. The zero-order chi connectivity index (χ0) is 15.5. The summed E-state index contributed by atoms with van der Waals surface area (Å²) >= 11 is 2.89. The van der Waals surface area contributed by atoms with E-state index in [1.54, 1.807) is 6.92 Å². The fraction of sp³-hybridized carbons (Fsp3) is 0.364. The minimum Gasteiger partial charge on any atom is -0.383 e. The van der Waals surface area contributed by atoms with E-state index in [1.807, 2.05) is 0 Å². The lowest BCUT2D eigenvalue weighted by Crippen LogP contribution is -2.36. The fourth-order valence-corrected chi connectivity index (χ4v) is 3.12. The summed E-state index contributed by atoms with van der Waals surface area (Å²) in [7, 11) is -2.60. The van der Waals surface area contributed by atoms with Crippen molar-refractivity contribution in [3.63, 3.8) is 0 Å². The van der Waals surface area contributed by atoms with Gasteiger partial charge in [-0.1, -0.05) is 0 Å². The van der Waals surface area contributed by atoms with Gasteiger partial charge in [-0.15, -0.1) is 0 Å². The monoisotopic (exact) mass is 368 g/mol. The molecule has 0 aliphatic rings. The molecule has 1 aromatic rings. The minimum absolute atomic E-state index is 0.0426. The third-order valence-corrected chi connectivity index (χ3v) is 4.24. The quantitative estimate of drug-likeness (QED) is 0.809. The van der Waals surface area contributed by atoms with E-state index in [-0.39, 0.29) is 22.0 Å². The number of primary sulfonamides is 1. The molecule has 20 heavy (non-hydrogen) atoms. The number of nitrogens with one attached hydrogen (secondary N) is 1. The number of benzene rings is 1. The predicted molar refractivity (Wildman–Crippen MR) is 74.3 cm³/mol. The second-order valence-corrected chi connectivity index (χ2v) is 6.52. The van der Waals surface area contributed by atoms with Gasteiger partial charge in [0.25, 0.3) is 5.91 Å². The molecule has 0 saturated carbocycles. The normalized spacial score (nSPS) is 13.1. The van der Waals surface area contributed by atoms with Gasteiger partial charge in [0.2, 0.25) is 10.0 Å². The molecular formula is C11H14BrFN2O4S. The van der Waals surface area contributed by atoms with E-state index in [0.29, 0.717) is 0 Å². The first-order valence-electron chi connectivity index (χ1n) is 5.48. The summed E-state index contributed by atoms with van der Waals surface area (Å²) in [6.45, 7) is 1.91. The maximum atomic E-state index is 13.7. The molecule has 1 amide bonds. The summed E-state index contributed by atoms with van der Waals surface area (Å²) < 4.78 is 41.2. The summed E-state index contributed by atoms with van der Waals surface area (Å²) in [5.74, 6) is -1.60. The van der Waals surface area contributed by atoms with Gasteiger partial charge in [-0.25, -0.2) is 17.9 Å². The molecule has 0 aliphatic heterocycles. The SMILES string of the molecule is COCC(C)NC(=O)c1cc(S(N)(=O)=O)c(Br)cc1F. The standard InChI is InChI=1S/C11H14BrFN2O4S/c1-6(5-19-2)15-11(16)7-3-10(20(14,17)18)8(12)4-9(7)13/h3-4,6H,5H2,1-2H3,(H,15,16)(H2,14,17,18). The Labute approximate surface area is 124 Å². The molecule has 0 saturated heterocycles. The van der Waals surface area contributed by atoms with Crippen molar-refractivity contribution in [1.82, 2.24) is 5.32 Å². The van der Waals surface area contributed by atoms with Gasteiger partial charge in [-0.2, -0.15) is 0 Å². The number of rotatable bonds is 5. The summed E-state index contributed by atoms with van der Waals surface area (Å²) in [4.78, 5) is 11.5. The highest BCUT2D eigenvalue weighted by molar-refractivity contribution is 9.10. The predicted octanol–water partition coefficient (Wildman–Crippen LogP) is 1.00. The van der Waals surface area contributed by atoms with E-state index in [2.05, 4.69) is 21.2 Å². The van der Waals surface area contributed by atoms with Gasteiger partial charge in [0.1, 0.15) is 5.82 Å². The third-order valence-electron chi connectivity index (χ3n) is 2.37. The summed E-state index contributed by atoms with van der Waals surface area (Å²) in [6, 6.07) is 1.42. The molecule has 1 atom stereocenters. The zero-order valence-electron chi connectivity index (χ0n) is 10.8. The van der Waals surface area contributed by atoms with Crippen LogP contribution in [0.5, 0.6) is 0 Å². The van der Waals surface area contributed by atoms with Crippen molar-refractivity contribution in [2.75, 3.05) is 13.7 Å². The van der Waals surface area contributed by atoms with Gasteiger partial charge in [0.15, 0.2) is 0 Å². The number of sulfonamides is 1. The van der Waals surface area contributed by atoms with Crippen LogP contribution in [0.2, 0.25) is 0 Å². The van der Waals surface area contributed by atoms with Gasteiger partial charge in [-0.05, 0) is 35.0 Å². The van der Waals surface area contributed by atoms with Crippen molar-refractivity contribution in [1.29, 1.82) is 0 Å². The van der Waals surface area contributed by atoms with Crippen LogP contribution in [0, 0.1) is 5.82 Å². The Hall–Kier alpha value is -1.03. The number of ether oxygens (including phenoxy) is 1. The molecule has 1 unspecified atom stereocenters. The largest absolute Gasteiger partial charge is 0.383 e. The molecular weight excluding hydrogens is 355 g/mol. The van der Waals surface area contributed by atoms with Gasteiger partial charge in [0, 0.05) is 17.6 Å². The van der Waals surface area contributed by atoms with Gasteiger partial charge < -0.3 is 10.1 Å². The van der Waals surface area contributed by atoms with Crippen molar-refractivity contribution >= 4 is 31.9 Å². The molecule has 3 N–H and O–H groups in total. The Morgan fingerprint density at radius 3 is 2.65 bits per heavy atom. The van der Waals surface area contributed by atoms with E-state index >= 15 is 0 Å². The first-order chi connectivity index (χ1) is 9.16. The summed E-state index contributed by atoms with van der Waals surface area (Å²) in [5, 5.41) is 7.47. The topological polar surface area (TPSA) is 98.5 Å². The van der Waals surface area contributed by atoms with Crippen molar-refractivity contribution in [2.24, 2.45) is 5.14 Å². The first-order valence-corrected chi connectivity index (χ1v) is 7.82. The van der Waals surface area contributed by atoms with Crippen LogP contribution in [0.4, 0.5) is 4.39 Å². The molecule has 112 valence electrons. The molecule has 0 radical (unpaired) electrons. The average Bonchev–Trinajstić information content (AvgIpc) is 2.26. The number of hydrogen-bond acceptors (Lipinski definition) is 4. The highest BCUT2D eigenvalue weighted by Crippen LogP contribution is 2.24. The number of methoxy groups -OCH3 is 1. The van der Waals surface area contributed by atoms with Crippen LogP contribution in [-0.2, 0) is 14.8 Å². The van der Waals surface area contributed by atoms with E-state index in [9.17, 15) is 17.6 Å². The van der Waals surface area contributed by atoms with Crippen LogP contribution in [0.1, 0.15) is 17.3 Å². The summed E-state index contributed by atoms with van der Waals surface area (Å²) in [5.41, 5.74) is -0.403. The van der Waals surface area contributed by atoms with Crippen molar-refractivity contribution in [2.45, 2.75) is 17.9 Å². The van der Waals surface area contributed by atoms with E-state index in [4.69, 9.17) is 9.88 Å². The van der Waals surface area contributed by atoms with E-state index in [0.717, 1.165) is 12.1 Å². The maximum absolute atomic E-state index is 13.7. The van der Waals surface area contributed by atoms with Gasteiger partial charge >= 0.3 is 0 Å². The smallest absolute Gasteiger partial charge is 0.254 e. The molecule has 0 spiro atoms. The summed E-state index contributed by atoms with van der Waals surface area (Å²) in [6.07, 6.45) is 0. The minimum atomic E-state index is -4.06. The third kappa shape index (κ3) is 4.23. The maximum Gasteiger partial charge on any atom is 0.254 e. The number of hydrogen-bond donors (Lipinski definition) is 2. The molecule has 9 heteroatoms. The number of carbonyl (C=O) groups excluding carboxylic acids is 1. The van der Waals surface area contributed by atoms with Crippen LogP contribution >= 0.6 is 15.9 Å². The molecule has 1 rings (SSSR count).